The smallest absolute Gasteiger partial charge is 0.0787 e. The van der Waals surface area contributed by atoms with Gasteiger partial charge in [0.2, 0.25) is 0 Å². The van der Waals surface area contributed by atoms with Crippen molar-refractivity contribution in [1.82, 2.24) is 10.2 Å². The van der Waals surface area contributed by atoms with Gasteiger partial charge in [-0.3, -0.25) is 10.2 Å². The van der Waals surface area contributed by atoms with Crippen LogP contribution in [0.5, 0.6) is 0 Å². The van der Waals surface area contributed by atoms with E-state index < -0.39 is 0 Å². The summed E-state index contributed by atoms with van der Waals surface area (Å²) in [4.78, 5) is 2.35. The van der Waals surface area contributed by atoms with Crippen LogP contribution >= 0.6 is 0 Å². The van der Waals surface area contributed by atoms with Crippen LogP contribution in [0.1, 0.15) is 20.3 Å². The van der Waals surface area contributed by atoms with E-state index in [0.717, 1.165) is 13.1 Å². The second kappa shape index (κ2) is 4.63. The van der Waals surface area contributed by atoms with E-state index in [1.54, 1.807) is 0 Å². The van der Waals surface area contributed by atoms with Crippen LogP contribution in [-0.4, -0.2) is 31.2 Å². The van der Waals surface area contributed by atoms with Crippen LogP contribution in [-0.2, 0) is 0 Å². The predicted octanol–water partition coefficient (Wildman–Crippen LogP) is 1.45. The monoisotopic (exact) mass is 168 g/mol. The number of hydrogen-bond donors (Lipinski definition) is 1. The van der Waals surface area contributed by atoms with Crippen LogP contribution in [0.15, 0.2) is 12.2 Å². The Morgan fingerprint density at radius 3 is 2.75 bits per heavy atom. The van der Waals surface area contributed by atoms with Crippen molar-refractivity contribution in [3.05, 3.63) is 12.2 Å². The third-order valence-electron chi connectivity index (χ3n) is 2.32. The van der Waals surface area contributed by atoms with Gasteiger partial charge in [-0.2, -0.15) is 0 Å². The van der Waals surface area contributed by atoms with E-state index in [1.165, 1.54) is 6.42 Å². The summed E-state index contributed by atoms with van der Waals surface area (Å²) in [5.74, 6) is 0.691. The van der Waals surface area contributed by atoms with Crippen molar-refractivity contribution in [2.45, 2.75) is 26.4 Å². The molecule has 0 aliphatic carbocycles. The number of nitrogens with zero attached hydrogens (tertiary/aromatic N) is 1. The molecule has 0 spiro atoms. The molecule has 2 atom stereocenters. The molecule has 1 N–H and O–H groups in total. The first-order valence-corrected chi connectivity index (χ1v) is 4.86. The topological polar surface area (TPSA) is 15.3 Å². The molecule has 0 aromatic rings. The van der Waals surface area contributed by atoms with Crippen LogP contribution in [0.3, 0.4) is 0 Å². The highest BCUT2D eigenvalue weighted by atomic mass is 15.2. The molecule has 1 aliphatic rings. The lowest BCUT2D eigenvalue weighted by atomic mass is 10.1. The summed E-state index contributed by atoms with van der Waals surface area (Å²) >= 11 is 0. The Labute approximate surface area is 75.6 Å². The quantitative estimate of drug-likeness (QED) is 0.642. The summed E-state index contributed by atoms with van der Waals surface area (Å²) in [5, 5.41) is 3.49. The zero-order valence-corrected chi connectivity index (χ0v) is 8.38. The molecule has 2 unspecified atom stereocenters. The lowest BCUT2D eigenvalue weighted by Gasteiger charge is -2.30. The van der Waals surface area contributed by atoms with Gasteiger partial charge in [-0.15, -0.1) is 0 Å². The van der Waals surface area contributed by atoms with Crippen molar-refractivity contribution in [1.29, 1.82) is 0 Å². The molecule has 70 valence electrons. The largest absolute Gasteiger partial charge is 0.298 e. The van der Waals surface area contributed by atoms with Crippen LogP contribution < -0.4 is 5.32 Å². The summed E-state index contributed by atoms with van der Waals surface area (Å²) in [6.45, 7) is 6.72. The fraction of sp³-hybridized carbons (Fsp3) is 0.800. The molecule has 1 heterocycles. The van der Waals surface area contributed by atoms with Gasteiger partial charge in [0.1, 0.15) is 0 Å². The normalized spacial score (nSPS) is 29.7. The molecular formula is C10H20N2. The summed E-state index contributed by atoms with van der Waals surface area (Å²) < 4.78 is 0. The molecule has 12 heavy (non-hydrogen) atoms. The van der Waals surface area contributed by atoms with Crippen molar-refractivity contribution >= 4 is 0 Å². The van der Waals surface area contributed by atoms with E-state index in [-0.39, 0.29) is 0 Å². The van der Waals surface area contributed by atoms with Crippen molar-refractivity contribution in [3.8, 4) is 0 Å². The lowest BCUT2D eigenvalue weighted by molar-refractivity contribution is 0.233. The van der Waals surface area contributed by atoms with E-state index in [2.05, 4.69) is 43.3 Å². The minimum absolute atomic E-state index is 0.459. The molecule has 0 aromatic heterocycles. The molecule has 0 aromatic carbocycles. The molecule has 0 saturated heterocycles. The fourth-order valence-electron chi connectivity index (χ4n) is 1.53. The molecule has 0 bridgehead atoms. The van der Waals surface area contributed by atoms with Gasteiger partial charge in [0.05, 0.1) is 6.17 Å². The number of nitrogens with one attached hydrogen (secondary N) is 1. The van der Waals surface area contributed by atoms with Crippen molar-refractivity contribution in [3.63, 3.8) is 0 Å². The van der Waals surface area contributed by atoms with Crippen molar-refractivity contribution < 1.29 is 0 Å². The Balaban J connectivity index is 2.38. The molecule has 1 rings (SSSR count). The highest BCUT2D eigenvalue weighted by molar-refractivity contribution is 5.00. The average Bonchev–Trinajstić information content (AvgIpc) is 2.06. The molecule has 0 saturated carbocycles. The highest BCUT2D eigenvalue weighted by Crippen LogP contribution is 2.06. The average molecular weight is 168 g/mol. The summed E-state index contributed by atoms with van der Waals surface area (Å²) in [6, 6.07) is 0. The first-order valence-electron chi connectivity index (χ1n) is 4.86. The molecule has 0 radical (unpaired) electrons. The zero-order valence-electron chi connectivity index (χ0n) is 8.38. The van der Waals surface area contributed by atoms with Gasteiger partial charge in [0.25, 0.3) is 0 Å². The van der Waals surface area contributed by atoms with Crippen molar-refractivity contribution in [2.24, 2.45) is 5.92 Å². The van der Waals surface area contributed by atoms with E-state index >= 15 is 0 Å². The van der Waals surface area contributed by atoms with Crippen molar-refractivity contribution in [2.75, 3.05) is 20.1 Å². The first kappa shape index (κ1) is 9.75. The number of hydrogen-bond acceptors (Lipinski definition) is 2. The second-order valence-electron chi connectivity index (χ2n) is 3.70. The number of rotatable bonds is 3. The molecular weight excluding hydrogens is 148 g/mol. The van der Waals surface area contributed by atoms with Gasteiger partial charge >= 0.3 is 0 Å². The first-order chi connectivity index (χ1) is 5.74. The number of likely N-dealkylation sites (N-methyl/N-ethyl adjacent to an activating group) is 1. The highest BCUT2D eigenvalue weighted by Gasteiger charge is 2.14. The molecule has 0 fully saturated rings. The zero-order chi connectivity index (χ0) is 8.97. The Morgan fingerprint density at radius 2 is 2.25 bits per heavy atom. The predicted molar refractivity (Wildman–Crippen MR) is 53.0 cm³/mol. The Morgan fingerprint density at radius 1 is 1.50 bits per heavy atom. The maximum Gasteiger partial charge on any atom is 0.0787 e. The van der Waals surface area contributed by atoms with Crippen LogP contribution in [0.4, 0.5) is 0 Å². The second-order valence-corrected chi connectivity index (χ2v) is 3.70. The van der Waals surface area contributed by atoms with Gasteiger partial charge in [0.15, 0.2) is 0 Å². The summed E-state index contributed by atoms with van der Waals surface area (Å²) in [6.07, 6.45) is 6.25. The lowest BCUT2D eigenvalue weighted by Crippen LogP contribution is -2.46. The fourth-order valence-corrected chi connectivity index (χ4v) is 1.53. The molecule has 2 heteroatoms. The van der Waals surface area contributed by atoms with Crippen LogP contribution in [0.25, 0.3) is 0 Å². The minimum Gasteiger partial charge on any atom is -0.298 e. The van der Waals surface area contributed by atoms with Crippen LogP contribution in [0, 0.1) is 5.92 Å². The Bertz CT molecular complexity index is 154. The van der Waals surface area contributed by atoms with E-state index in [1.807, 2.05) is 0 Å². The maximum absolute atomic E-state index is 3.49. The van der Waals surface area contributed by atoms with Gasteiger partial charge in [-0.05, 0) is 25.9 Å². The van der Waals surface area contributed by atoms with E-state index in [0.29, 0.717) is 12.1 Å². The van der Waals surface area contributed by atoms with Crippen LogP contribution in [0.2, 0.25) is 0 Å². The van der Waals surface area contributed by atoms with Gasteiger partial charge in [0, 0.05) is 6.54 Å². The maximum atomic E-state index is 3.49. The Kier molecular flexibility index (Phi) is 3.76. The minimum atomic E-state index is 0.459. The molecule has 2 nitrogen and oxygen atoms in total. The van der Waals surface area contributed by atoms with Gasteiger partial charge < -0.3 is 0 Å². The third kappa shape index (κ3) is 2.61. The van der Waals surface area contributed by atoms with E-state index in [9.17, 15) is 0 Å². The van der Waals surface area contributed by atoms with Gasteiger partial charge in [-0.1, -0.05) is 26.0 Å². The molecule has 1 aliphatic heterocycles. The van der Waals surface area contributed by atoms with Gasteiger partial charge in [-0.25, -0.2) is 0 Å². The van der Waals surface area contributed by atoms with E-state index in [4.69, 9.17) is 0 Å². The molecule has 0 amide bonds. The summed E-state index contributed by atoms with van der Waals surface area (Å²) in [7, 11) is 2.17. The summed E-state index contributed by atoms with van der Waals surface area (Å²) in [5.41, 5.74) is 0. The third-order valence-corrected chi connectivity index (χ3v) is 2.32. The standard InChI is InChI=1S/C10H20N2/c1-4-7-12(3)10-6-5-9(2)8-11-10/h5-6,9-11H,4,7-8H2,1-3H3. The SMILES string of the molecule is CCCN(C)C1C=CC(C)CN1. The Hall–Kier alpha value is -0.340.